The van der Waals surface area contributed by atoms with Gasteiger partial charge in [-0.25, -0.2) is 4.68 Å². The predicted octanol–water partition coefficient (Wildman–Crippen LogP) is 1.21. The average molecular weight is 237 g/mol. The monoisotopic (exact) mass is 236 g/mol. The largest absolute Gasteiger partial charge is 0.396 e. The lowest BCUT2D eigenvalue weighted by Gasteiger charge is -2.04. The summed E-state index contributed by atoms with van der Waals surface area (Å²) in [6.45, 7) is 0. The van der Waals surface area contributed by atoms with Crippen molar-refractivity contribution in [1.82, 2.24) is 9.78 Å². The highest BCUT2D eigenvalue weighted by atomic mass is 35.5. The summed E-state index contributed by atoms with van der Waals surface area (Å²) in [5.74, 6) is -0.559. The molecule has 1 aromatic heterocycles. The number of benzene rings is 1. The van der Waals surface area contributed by atoms with E-state index in [9.17, 15) is 4.79 Å². The summed E-state index contributed by atoms with van der Waals surface area (Å²) in [4.78, 5) is 11.0. The van der Waals surface area contributed by atoms with Gasteiger partial charge in [-0.2, -0.15) is 5.10 Å². The van der Waals surface area contributed by atoms with E-state index >= 15 is 0 Å². The number of amides is 1. The summed E-state index contributed by atoms with van der Waals surface area (Å²) in [6.07, 6.45) is 3.17. The number of carbonyl (C=O) groups excluding carboxylic acids is 1. The zero-order chi connectivity index (χ0) is 11.7. The van der Waals surface area contributed by atoms with Gasteiger partial charge < -0.3 is 11.5 Å². The number of hydrogen-bond donors (Lipinski definition) is 2. The lowest BCUT2D eigenvalue weighted by Crippen LogP contribution is -2.11. The van der Waals surface area contributed by atoms with E-state index in [1.807, 2.05) is 0 Å². The van der Waals surface area contributed by atoms with Crippen LogP contribution in [-0.2, 0) is 0 Å². The lowest BCUT2D eigenvalue weighted by atomic mass is 10.2. The van der Waals surface area contributed by atoms with Crippen molar-refractivity contribution in [3.8, 4) is 5.69 Å². The molecule has 2 aromatic rings. The fraction of sp³-hybridized carbons (Fsp3) is 0. The molecule has 0 fully saturated rings. The molecule has 0 aliphatic heterocycles. The van der Waals surface area contributed by atoms with E-state index in [0.717, 1.165) is 0 Å². The number of carbonyl (C=O) groups is 1. The van der Waals surface area contributed by atoms with Gasteiger partial charge in [0.15, 0.2) is 0 Å². The molecule has 16 heavy (non-hydrogen) atoms. The van der Waals surface area contributed by atoms with Crippen LogP contribution < -0.4 is 11.5 Å². The molecule has 6 heteroatoms. The van der Waals surface area contributed by atoms with Crippen LogP contribution in [0.2, 0.25) is 5.02 Å². The highest BCUT2D eigenvalue weighted by Crippen LogP contribution is 2.20. The summed E-state index contributed by atoms with van der Waals surface area (Å²) < 4.78 is 1.56. The van der Waals surface area contributed by atoms with E-state index in [2.05, 4.69) is 5.10 Å². The molecule has 0 bridgehead atoms. The number of nitrogens with two attached hydrogens (primary N) is 2. The molecule has 1 aromatic carbocycles. The molecule has 0 saturated heterocycles. The molecule has 5 nitrogen and oxygen atoms in total. The van der Waals surface area contributed by atoms with Crippen LogP contribution in [0.4, 0.5) is 5.69 Å². The van der Waals surface area contributed by atoms with Gasteiger partial charge in [-0.3, -0.25) is 4.79 Å². The van der Waals surface area contributed by atoms with E-state index in [1.165, 1.54) is 6.20 Å². The third kappa shape index (κ3) is 1.85. The van der Waals surface area contributed by atoms with E-state index in [0.29, 0.717) is 16.4 Å². The van der Waals surface area contributed by atoms with Gasteiger partial charge in [0.05, 0.1) is 34.4 Å². The van der Waals surface area contributed by atoms with Crippen LogP contribution >= 0.6 is 11.6 Å². The van der Waals surface area contributed by atoms with Crippen LogP contribution in [0.3, 0.4) is 0 Å². The minimum absolute atomic E-state index is 0.283. The number of halogens is 1. The van der Waals surface area contributed by atoms with Gasteiger partial charge >= 0.3 is 0 Å². The molecule has 0 saturated carbocycles. The first-order chi connectivity index (χ1) is 7.58. The van der Waals surface area contributed by atoms with Crippen LogP contribution in [0.15, 0.2) is 30.6 Å². The van der Waals surface area contributed by atoms with Gasteiger partial charge in [-0.1, -0.05) is 11.6 Å². The molecule has 0 aliphatic rings. The van der Waals surface area contributed by atoms with Gasteiger partial charge in [-0.05, 0) is 18.2 Å². The van der Waals surface area contributed by atoms with Gasteiger partial charge in [-0.15, -0.1) is 0 Å². The van der Waals surface area contributed by atoms with E-state index in [1.54, 1.807) is 29.1 Å². The summed E-state index contributed by atoms with van der Waals surface area (Å²) in [7, 11) is 0. The highest BCUT2D eigenvalue weighted by Gasteiger charge is 2.08. The molecule has 0 atom stereocenters. The number of rotatable bonds is 2. The fourth-order valence-electron chi connectivity index (χ4n) is 1.32. The van der Waals surface area contributed by atoms with Crippen LogP contribution in [-0.4, -0.2) is 15.7 Å². The SMILES string of the molecule is NC(=O)c1ccc(-n2cc(N)cn2)cc1Cl. The predicted molar refractivity (Wildman–Crippen MR) is 61.5 cm³/mol. The maximum atomic E-state index is 11.0. The number of nitrogen functional groups attached to an aromatic ring is 1. The maximum Gasteiger partial charge on any atom is 0.250 e. The second-order valence-corrected chi connectivity index (χ2v) is 3.65. The number of aromatic nitrogens is 2. The Morgan fingerprint density at radius 3 is 2.69 bits per heavy atom. The molecule has 2 rings (SSSR count). The highest BCUT2D eigenvalue weighted by molar-refractivity contribution is 6.34. The van der Waals surface area contributed by atoms with Crippen molar-refractivity contribution in [3.05, 3.63) is 41.2 Å². The van der Waals surface area contributed by atoms with E-state index in [4.69, 9.17) is 23.1 Å². The first kappa shape index (κ1) is 10.5. The van der Waals surface area contributed by atoms with Crippen molar-refractivity contribution in [2.45, 2.75) is 0 Å². The Bertz CT molecular complexity index is 550. The average Bonchev–Trinajstić information content (AvgIpc) is 2.64. The Kier molecular flexibility index (Phi) is 2.54. The quantitative estimate of drug-likeness (QED) is 0.822. The zero-order valence-electron chi connectivity index (χ0n) is 8.22. The minimum atomic E-state index is -0.559. The van der Waals surface area contributed by atoms with Crippen LogP contribution in [0, 0.1) is 0 Å². The first-order valence-electron chi connectivity index (χ1n) is 4.48. The van der Waals surface area contributed by atoms with Crippen LogP contribution in [0.1, 0.15) is 10.4 Å². The normalized spacial score (nSPS) is 10.3. The Morgan fingerprint density at radius 2 is 2.19 bits per heavy atom. The molecule has 1 amide bonds. The second-order valence-electron chi connectivity index (χ2n) is 3.25. The summed E-state index contributed by atoms with van der Waals surface area (Å²) >= 11 is 5.91. The standard InChI is InChI=1S/C10H9ClN4O/c11-9-3-7(1-2-8(9)10(13)16)15-5-6(12)4-14-15/h1-5H,12H2,(H2,13,16). The molecule has 0 spiro atoms. The zero-order valence-corrected chi connectivity index (χ0v) is 8.98. The summed E-state index contributed by atoms with van der Waals surface area (Å²) in [6, 6.07) is 4.85. The van der Waals surface area contributed by atoms with Crippen LogP contribution in [0.5, 0.6) is 0 Å². The number of anilines is 1. The second kappa shape index (κ2) is 3.86. The molecule has 4 N–H and O–H groups in total. The van der Waals surface area contributed by atoms with Crippen molar-refractivity contribution in [2.24, 2.45) is 5.73 Å². The molecular formula is C10H9ClN4O. The third-order valence-electron chi connectivity index (χ3n) is 2.09. The molecule has 82 valence electrons. The number of primary amides is 1. The number of hydrogen-bond acceptors (Lipinski definition) is 3. The Morgan fingerprint density at radius 1 is 1.44 bits per heavy atom. The fourth-order valence-corrected chi connectivity index (χ4v) is 1.59. The van der Waals surface area contributed by atoms with Gasteiger partial charge in [0.2, 0.25) is 5.91 Å². The van der Waals surface area contributed by atoms with Crippen molar-refractivity contribution >= 4 is 23.2 Å². The van der Waals surface area contributed by atoms with Gasteiger partial charge in [0.25, 0.3) is 0 Å². The Hall–Kier alpha value is -2.01. The van der Waals surface area contributed by atoms with Crippen molar-refractivity contribution in [2.75, 3.05) is 5.73 Å². The maximum absolute atomic E-state index is 11.0. The summed E-state index contributed by atoms with van der Waals surface area (Å²) in [5, 5.41) is 4.31. The van der Waals surface area contributed by atoms with Crippen LogP contribution in [0.25, 0.3) is 5.69 Å². The van der Waals surface area contributed by atoms with E-state index < -0.39 is 5.91 Å². The first-order valence-corrected chi connectivity index (χ1v) is 4.85. The Balaban J connectivity index is 2.45. The molecular weight excluding hydrogens is 228 g/mol. The molecule has 0 radical (unpaired) electrons. The number of nitrogens with zero attached hydrogens (tertiary/aromatic N) is 2. The molecule has 0 unspecified atom stereocenters. The lowest BCUT2D eigenvalue weighted by molar-refractivity contribution is 0.100. The molecule has 1 heterocycles. The van der Waals surface area contributed by atoms with Crippen molar-refractivity contribution in [1.29, 1.82) is 0 Å². The van der Waals surface area contributed by atoms with Gasteiger partial charge in [0.1, 0.15) is 0 Å². The van der Waals surface area contributed by atoms with Crippen molar-refractivity contribution < 1.29 is 4.79 Å². The minimum Gasteiger partial charge on any atom is -0.396 e. The third-order valence-corrected chi connectivity index (χ3v) is 2.40. The van der Waals surface area contributed by atoms with Crippen molar-refractivity contribution in [3.63, 3.8) is 0 Å². The molecule has 0 aliphatic carbocycles. The topological polar surface area (TPSA) is 86.9 Å². The van der Waals surface area contributed by atoms with E-state index in [-0.39, 0.29) is 5.56 Å². The smallest absolute Gasteiger partial charge is 0.250 e. The van der Waals surface area contributed by atoms with Gasteiger partial charge in [0, 0.05) is 0 Å². The summed E-state index contributed by atoms with van der Waals surface area (Å²) in [5.41, 5.74) is 12.2. The Labute approximate surface area is 96.6 Å².